The molecule has 3 heterocycles. The van der Waals surface area contributed by atoms with Crippen LogP contribution >= 0.6 is 11.3 Å². The van der Waals surface area contributed by atoms with Gasteiger partial charge in [0.15, 0.2) is 0 Å². The molecule has 4 aromatic rings. The molecular weight excluding hydrogens is 398 g/mol. The van der Waals surface area contributed by atoms with E-state index in [2.05, 4.69) is 62.2 Å². The van der Waals surface area contributed by atoms with Gasteiger partial charge < -0.3 is 9.40 Å². The topological polar surface area (TPSA) is 28.9 Å². The number of thiophene rings is 1. The average Bonchev–Trinajstić information content (AvgIpc) is 3.41. The number of aromatic amines is 1. The smallest absolute Gasteiger partial charge is 0.101 e. The van der Waals surface area contributed by atoms with Crippen molar-refractivity contribution < 1.29 is 4.42 Å². The third-order valence-corrected chi connectivity index (χ3v) is 4.58. The highest BCUT2D eigenvalue weighted by Crippen LogP contribution is 2.12. The van der Waals surface area contributed by atoms with Gasteiger partial charge in [0, 0.05) is 21.1 Å². The fraction of sp³-hybridized carbons (Fsp3) is 0.357. The Morgan fingerprint density at radius 2 is 1.00 bits per heavy atom. The zero-order valence-corrected chi connectivity index (χ0v) is 21.0. The Kier molecular flexibility index (Phi) is 18.1. The Balaban J connectivity index is 0. The monoisotopic (exact) mass is 441 g/mol. The van der Waals surface area contributed by atoms with Crippen molar-refractivity contribution in [3.05, 3.63) is 105 Å². The SMILES string of the molecule is C.CC.Cc1ccc(C)[nH]1.Cc1ccc(C)o1.Cc1ccc(C)s1.Cc1ccccc1. The number of aryl methyl sites for hydroxylation is 7. The third kappa shape index (κ3) is 16.9. The van der Waals surface area contributed by atoms with E-state index in [4.69, 9.17) is 4.42 Å². The van der Waals surface area contributed by atoms with E-state index in [1.165, 1.54) is 26.7 Å². The Labute approximate surface area is 195 Å². The molecule has 3 aromatic heterocycles. The Bertz CT molecular complexity index is 759. The second-order valence-corrected chi connectivity index (χ2v) is 8.28. The van der Waals surface area contributed by atoms with E-state index in [0.717, 1.165) is 11.5 Å². The summed E-state index contributed by atoms with van der Waals surface area (Å²) in [7, 11) is 0. The molecule has 0 atom stereocenters. The van der Waals surface area contributed by atoms with E-state index >= 15 is 0 Å². The quantitative estimate of drug-likeness (QED) is 0.289. The largest absolute Gasteiger partial charge is 0.467 e. The van der Waals surface area contributed by atoms with Gasteiger partial charge in [0.25, 0.3) is 0 Å². The molecule has 0 saturated carbocycles. The van der Waals surface area contributed by atoms with E-state index < -0.39 is 0 Å². The van der Waals surface area contributed by atoms with Crippen LogP contribution in [0.15, 0.2) is 71.1 Å². The first-order valence-electron chi connectivity index (χ1n) is 10.5. The Morgan fingerprint density at radius 1 is 0.581 bits per heavy atom. The molecule has 0 fully saturated rings. The molecule has 0 aliphatic rings. The van der Waals surface area contributed by atoms with Gasteiger partial charge in [0.2, 0.25) is 0 Å². The van der Waals surface area contributed by atoms with Crippen LogP contribution in [-0.4, -0.2) is 4.98 Å². The van der Waals surface area contributed by atoms with Crippen LogP contribution in [0.4, 0.5) is 0 Å². The number of furan rings is 1. The second kappa shape index (κ2) is 18.3. The van der Waals surface area contributed by atoms with E-state index in [9.17, 15) is 0 Å². The average molecular weight is 442 g/mol. The summed E-state index contributed by atoms with van der Waals surface area (Å²) in [5.74, 6) is 1.97. The molecule has 0 spiro atoms. The Hall–Kier alpha value is -2.52. The second-order valence-electron chi connectivity index (χ2n) is 6.79. The molecular formula is C28H43NOS. The molecule has 0 unspecified atom stereocenters. The number of hydrogen-bond donors (Lipinski definition) is 1. The summed E-state index contributed by atoms with van der Waals surface area (Å²) in [4.78, 5) is 5.94. The highest BCUT2D eigenvalue weighted by molar-refractivity contribution is 7.11. The van der Waals surface area contributed by atoms with Crippen LogP contribution in [0.25, 0.3) is 0 Å². The van der Waals surface area contributed by atoms with Gasteiger partial charge in [-0.3, -0.25) is 0 Å². The first-order chi connectivity index (χ1) is 14.3. The van der Waals surface area contributed by atoms with Gasteiger partial charge in [-0.2, -0.15) is 0 Å². The van der Waals surface area contributed by atoms with Crippen molar-refractivity contribution in [1.82, 2.24) is 4.98 Å². The predicted molar refractivity (Wildman–Crippen MR) is 141 cm³/mol. The van der Waals surface area contributed by atoms with Crippen molar-refractivity contribution in [2.75, 3.05) is 0 Å². The van der Waals surface area contributed by atoms with Crippen LogP contribution < -0.4 is 0 Å². The molecule has 3 heteroatoms. The third-order valence-electron chi connectivity index (χ3n) is 3.67. The van der Waals surface area contributed by atoms with Crippen molar-refractivity contribution in [3.8, 4) is 0 Å². The number of rotatable bonds is 0. The van der Waals surface area contributed by atoms with E-state index in [0.29, 0.717) is 0 Å². The zero-order valence-electron chi connectivity index (χ0n) is 20.2. The maximum atomic E-state index is 5.08. The highest BCUT2D eigenvalue weighted by atomic mass is 32.1. The predicted octanol–water partition coefficient (Wildman–Crippen LogP) is 9.55. The van der Waals surface area contributed by atoms with Crippen LogP contribution in [0.1, 0.15) is 59.5 Å². The number of hydrogen-bond acceptors (Lipinski definition) is 2. The summed E-state index contributed by atoms with van der Waals surface area (Å²) < 4.78 is 5.08. The summed E-state index contributed by atoms with van der Waals surface area (Å²) in [5.41, 5.74) is 3.79. The molecule has 0 saturated heterocycles. The van der Waals surface area contributed by atoms with Crippen LogP contribution in [0.5, 0.6) is 0 Å². The summed E-state index contributed by atoms with van der Waals surface area (Å²) >= 11 is 1.84. The summed E-state index contributed by atoms with van der Waals surface area (Å²) in [5, 5.41) is 0. The minimum absolute atomic E-state index is 0. The van der Waals surface area contributed by atoms with Crippen LogP contribution in [0.2, 0.25) is 0 Å². The van der Waals surface area contributed by atoms with Crippen LogP contribution in [-0.2, 0) is 0 Å². The summed E-state index contributed by atoms with van der Waals surface area (Å²) in [6, 6.07) is 22.6. The number of nitrogens with one attached hydrogen (secondary N) is 1. The lowest BCUT2D eigenvalue weighted by molar-refractivity contribution is 0.504. The molecule has 1 N–H and O–H groups in total. The molecule has 2 nitrogen and oxygen atoms in total. The first kappa shape index (κ1) is 30.7. The maximum absolute atomic E-state index is 5.08. The molecule has 31 heavy (non-hydrogen) atoms. The van der Waals surface area contributed by atoms with Crippen molar-refractivity contribution in [2.24, 2.45) is 0 Å². The van der Waals surface area contributed by atoms with E-state index in [1.807, 2.05) is 83.2 Å². The van der Waals surface area contributed by atoms with Crippen LogP contribution in [0.3, 0.4) is 0 Å². The fourth-order valence-electron chi connectivity index (χ4n) is 2.29. The van der Waals surface area contributed by atoms with Gasteiger partial charge in [-0.05, 0) is 84.9 Å². The lowest BCUT2D eigenvalue weighted by atomic mass is 10.2. The fourth-order valence-corrected chi connectivity index (χ4v) is 3.07. The molecule has 0 amide bonds. The maximum Gasteiger partial charge on any atom is 0.101 e. The number of aromatic nitrogens is 1. The molecule has 0 aliphatic heterocycles. The number of benzene rings is 1. The molecule has 0 aliphatic carbocycles. The van der Waals surface area contributed by atoms with E-state index in [-0.39, 0.29) is 7.43 Å². The van der Waals surface area contributed by atoms with Gasteiger partial charge in [-0.1, -0.05) is 57.2 Å². The number of H-pyrrole nitrogens is 1. The summed E-state index contributed by atoms with van der Waals surface area (Å²) in [6.07, 6.45) is 0. The highest BCUT2D eigenvalue weighted by Gasteiger charge is 1.86. The minimum atomic E-state index is 0. The Morgan fingerprint density at radius 3 is 1.16 bits per heavy atom. The normalized spacial score (nSPS) is 8.55. The van der Waals surface area contributed by atoms with Gasteiger partial charge in [-0.25, -0.2) is 0 Å². The lowest BCUT2D eigenvalue weighted by Crippen LogP contribution is -1.67. The van der Waals surface area contributed by atoms with Crippen molar-refractivity contribution in [2.45, 2.75) is 69.7 Å². The van der Waals surface area contributed by atoms with Gasteiger partial charge in [0.05, 0.1) is 0 Å². The van der Waals surface area contributed by atoms with Crippen LogP contribution in [0, 0.1) is 48.5 Å². The molecule has 1 aromatic carbocycles. The minimum Gasteiger partial charge on any atom is -0.467 e. The van der Waals surface area contributed by atoms with Crippen molar-refractivity contribution >= 4 is 11.3 Å². The first-order valence-corrected chi connectivity index (χ1v) is 11.3. The molecule has 0 radical (unpaired) electrons. The summed E-state index contributed by atoms with van der Waals surface area (Å²) in [6.45, 7) is 18.3. The van der Waals surface area contributed by atoms with Crippen molar-refractivity contribution in [1.29, 1.82) is 0 Å². The van der Waals surface area contributed by atoms with Gasteiger partial charge in [-0.15, -0.1) is 11.3 Å². The van der Waals surface area contributed by atoms with Gasteiger partial charge >= 0.3 is 0 Å². The van der Waals surface area contributed by atoms with Gasteiger partial charge in [0.1, 0.15) is 11.5 Å². The zero-order chi connectivity index (χ0) is 22.9. The lowest BCUT2D eigenvalue weighted by Gasteiger charge is -1.82. The van der Waals surface area contributed by atoms with E-state index in [1.54, 1.807) is 0 Å². The standard InChI is InChI=1S/C7H8.C6H9N.C6H8O.C6H8S.C2H6.CH4/c1-7-5-3-2-4-6-7;3*1-5-3-4-6(2)7-5;1-2;/h2-6H,1H3;3-4,7H,1-2H3;2*3-4H,1-2H3;1-2H3;1H4. The molecule has 4 rings (SSSR count). The van der Waals surface area contributed by atoms with Crippen molar-refractivity contribution in [3.63, 3.8) is 0 Å². The molecule has 172 valence electrons. The molecule has 0 bridgehead atoms.